The van der Waals surface area contributed by atoms with E-state index in [2.05, 4.69) is 4.74 Å². The van der Waals surface area contributed by atoms with Gasteiger partial charge in [0, 0.05) is 27.1 Å². The Labute approximate surface area is 177 Å². The second kappa shape index (κ2) is 7.77. The minimum atomic E-state index is -4.87. The van der Waals surface area contributed by atoms with Crippen LogP contribution in [0.1, 0.15) is 27.6 Å². The highest BCUT2D eigenvalue weighted by Crippen LogP contribution is 2.44. The fourth-order valence-electron chi connectivity index (χ4n) is 3.60. The molecule has 0 fully saturated rings. The minimum absolute atomic E-state index is 0.0115. The Kier molecular flexibility index (Phi) is 5.26. The van der Waals surface area contributed by atoms with E-state index < -0.39 is 24.1 Å². The SMILES string of the molecule is COC(=O)CC1COc2ccc(-c3c(C(=O)O)sc4ccc(OC(F)(F)F)cc34)cc21. The molecule has 0 saturated carbocycles. The maximum Gasteiger partial charge on any atom is 0.573 e. The van der Waals surface area contributed by atoms with Crippen molar-refractivity contribution in [3.8, 4) is 22.6 Å². The molecular formula is C21H15F3O6S. The summed E-state index contributed by atoms with van der Waals surface area (Å²) in [6.07, 6.45) is -4.78. The molecular weight excluding hydrogens is 437 g/mol. The van der Waals surface area contributed by atoms with Gasteiger partial charge < -0.3 is 19.3 Å². The van der Waals surface area contributed by atoms with Gasteiger partial charge in [0.05, 0.1) is 20.1 Å². The highest BCUT2D eigenvalue weighted by atomic mass is 32.1. The van der Waals surface area contributed by atoms with E-state index in [9.17, 15) is 27.9 Å². The highest BCUT2D eigenvalue weighted by Gasteiger charge is 2.32. The van der Waals surface area contributed by atoms with Gasteiger partial charge in [0.1, 0.15) is 16.4 Å². The van der Waals surface area contributed by atoms with Crippen LogP contribution in [0.3, 0.4) is 0 Å². The molecule has 3 aromatic rings. The van der Waals surface area contributed by atoms with E-state index in [1.807, 2.05) is 0 Å². The zero-order valence-electron chi connectivity index (χ0n) is 16.0. The van der Waals surface area contributed by atoms with Gasteiger partial charge in [-0.15, -0.1) is 24.5 Å². The topological polar surface area (TPSA) is 82.1 Å². The smallest absolute Gasteiger partial charge is 0.493 e. The fraction of sp³-hybridized carbons (Fsp3) is 0.238. The Morgan fingerprint density at radius 3 is 2.68 bits per heavy atom. The first-order valence-corrected chi connectivity index (χ1v) is 9.87. The normalized spacial score (nSPS) is 15.4. The van der Waals surface area contributed by atoms with Crippen LogP contribution >= 0.6 is 11.3 Å². The molecule has 1 unspecified atom stereocenters. The van der Waals surface area contributed by atoms with Crippen molar-refractivity contribution in [2.75, 3.05) is 13.7 Å². The first-order chi connectivity index (χ1) is 14.7. The third kappa shape index (κ3) is 4.15. The van der Waals surface area contributed by atoms with Crippen LogP contribution in [0, 0.1) is 0 Å². The van der Waals surface area contributed by atoms with E-state index in [1.165, 1.54) is 19.2 Å². The van der Waals surface area contributed by atoms with Crippen molar-refractivity contribution in [3.63, 3.8) is 0 Å². The van der Waals surface area contributed by atoms with Crippen molar-refractivity contribution in [2.45, 2.75) is 18.7 Å². The van der Waals surface area contributed by atoms with Crippen molar-refractivity contribution in [1.82, 2.24) is 0 Å². The summed E-state index contributed by atoms with van der Waals surface area (Å²) in [4.78, 5) is 23.6. The molecule has 0 bridgehead atoms. The molecule has 0 saturated heterocycles. The van der Waals surface area contributed by atoms with E-state index in [0.717, 1.165) is 17.4 Å². The summed E-state index contributed by atoms with van der Waals surface area (Å²) in [5, 5.41) is 10.0. The summed E-state index contributed by atoms with van der Waals surface area (Å²) in [7, 11) is 1.28. The molecule has 0 radical (unpaired) electrons. The molecule has 162 valence electrons. The number of carbonyl (C=O) groups excluding carboxylic acids is 1. The molecule has 0 amide bonds. The van der Waals surface area contributed by atoms with Crippen LogP contribution in [0.4, 0.5) is 13.2 Å². The lowest BCUT2D eigenvalue weighted by molar-refractivity contribution is -0.274. The molecule has 31 heavy (non-hydrogen) atoms. The summed E-state index contributed by atoms with van der Waals surface area (Å²) < 4.78 is 52.8. The molecule has 6 nitrogen and oxygen atoms in total. The van der Waals surface area contributed by atoms with Gasteiger partial charge >= 0.3 is 18.3 Å². The molecule has 1 aliphatic rings. The Morgan fingerprint density at radius 2 is 2.00 bits per heavy atom. The first-order valence-electron chi connectivity index (χ1n) is 9.06. The second-order valence-corrected chi connectivity index (χ2v) is 7.91. The molecule has 1 aromatic heterocycles. The summed E-state index contributed by atoms with van der Waals surface area (Å²) >= 11 is 0.960. The molecule has 0 spiro atoms. The van der Waals surface area contributed by atoms with Crippen LogP contribution < -0.4 is 9.47 Å². The molecule has 2 aromatic carbocycles. The summed E-state index contributed by atoms with van der Waals surface area (Å²) in [5.41, 5.74) is 1.49. The van der Waals surface area contributed by atoms with E-state index in [1.54, 1.807) is 18.2 Å². The number of carbonyl (C=O) groups is 2. The number of carboxylic acids is 1. The minimum Gasteiger partial charge on any atom is -0.493 e. The Balaban J connectivity index is 1.84. The van der Waals surface area contributed by atoms with Gasteiger partial charge in [0.25, 0.3) is 0 Å². The number of carboxylic acid groups (broad SMARTS) is 1. The predicted octanol–water partition coefficient (Wildman–Crippen LogP) is 5.20. The number of hydrogen-bond donors (Lipinski definition) is 1. The highest BCUT2D eigenvalue weighted by molar-refractivity contribution is 7.21. The zero-order chi connectivity index (χ0) is 22.3. The van der Waals surface area contributed by atoms with Crippen LogP contribution in [-0.4, -0.2) is 37.1 Å². The van der Waals surface area contributed by atoms with Gasteiger partial charge in [-0.25, -0.2) is 4.79 Å². The van der Waals surface area contributed by atoms with Crippen LogP contribution in [-0.2, 0) is 9.53 Å². The maximum absolute atomic E-state index is 12.7. The molecule has 10 heteroatoms. The number of rotatable bonds is 5. The van der Waals surface area contributed by atoms with Crippen molar-refractivity contribution >= 4 is 33.4 Å². The zero-order valence-corrected chi connectivity index (χ0v) is 16.8. The van der Waals surface area contributed by atoms with Crippen molar-refractivity contribution in [2.24, 2.45) is 0 Å². The van der Waals surface area contributed by atoms with Gasteiger partial charge in [0.2, 0.25) is 0 Å². The molecule has 1 N–H and O–H groups in total. The van der Waals surface area contributed by atoms with Gasteiger partial charge in [0.15, 0.2) is 0 Å². The monoisotopic (exact) mass is 452 g/mol. The van der Waals surface area contributed by atoms with Crippen LogP contribution in [0.5, 0.6) is 11.5 Å². The fourth-order valence-corrected chi connectivity index (χ4v) is 4.64. The van der Waals surface area contributed by atoms with Gasteiger partial charge in [-0.05, 0) is 35.9 Å². The number of hydrogen-bond acceptors (Lipinski definition) is 6. The first kappa shape index (κ1) is 21.0. The molecule has 1 atom stereocenters. The van der Waals surface area contributed by atoms with Crippen molar-refractivity contribution in [3.05, 3.63) is 46.8 Å². The van der Waals surface area contributed by atoms with E-state index in [4.69, 9.17) is 9.47 Å². The van der Waals surface area contributed by atoms with E-state index in [-0.39, 0.29) is 29.4 Å². The van der Waals surface area contributed by atoms with Gasteiger partial charge in [-0.3, -0.25) is 4.79 Å². The lowest BCUT2D eigenvalue weighted by atomic mass is 9.93. The number of fused-ring (bicyclic) bond motifs is 2. The van der Waals surface area contributed by atoms with Crippen LogP contribution in [0.15, 0.2) is 36.4 Å². The average molecular weight is 452 g/mol. The lowest BCUT2D eigenvalue weighted by Crippen LogP contribution is -2.16. The number of aromatic carboxylic acids is 1. The standard InChI is InChI=1S/C21H15F3O6S/c1-28-17(25)7-11-9-29-15-4-2-10(6-13(11)15)18-14-8-12(30-21(22,23)24)3-5-16(14)31-19(18)20(26)27/h2-6,8,11H,7,9H2,1H3,(H,26,27). The Morgan fingerprint density at radius 1 is 1.23 bits per heavy atom. The average Bonchev–Trinajstić information content (AvgIpc) is 3.27. The largest absolute Gasteiger partial charge is 0.573 e. The Bertz CT molecular complexity index is 1180. The molecule has 1 aliphatic heterocycles. The lowest BCUT2D eigenvalue weighted by Gasteiger charge is -2.11. The van der Waals surface area contributed by atoms with Gasteiger partial charge in [-0.2, -0.15) is 0 Å². The summed E-state index contributed by atoms with van der Waals surface area (Å²) in [6.45, 7) is 0.271. The molecule has 0 aliphatic carbocycles. The maximum atomic E-state index is 12.7. The number of esters is 1. The second-order valence-electron chi connectivity index (χ2n) is 6.86. The van der Waals surface area contributed by atoms with Crippen molar-refractivity contribution < 1.29 is 42.1 Å². The summed E-state index contributed by atoms with van der Waals surface area (Å²) in [5.74, 6) is -1.76. The number of benzene rings is 2. The van der Waals surface area contributed by atoms with E-state index in [0.29, 0.717) is 27.0 Å². The predicted molar refractivity (Wildman–Crippen MR) is 106 cm³/mol. The number of methoxy groups -OCH3 is 1. The molecule has 2 heterocycles. The van der Waals surface area contributed by atoms with Crippen molar-refractivity contribution in [1.29, 1.82) is 0 Å². The van der Waals surface area contributed by atoms with Gasteiger partial charge in [-0.1, -0.05) is 6.07 Å². The third-order valence-corrected chi connectivity index (χ3v) is 6.07. The Hall–Kier alpha value is -3.27. The summed E-state index contributed by atoms with van der Waals surface area (Å²) in [6, 6.07) is 8.73. The molecule has 4 rings (SSSR count). The number of alkyl halides is 3. The quantitative estimate of drug-likeness (QED) is 0.536. The number of halogens is 3. The van der Waals surface area contributed by atoms with Crippen LogP contribution in [0.25, 0.3) is 21.2 Å². The third-order valence-electron chi connectivity index (χ3n) is 4.91. The van der Waals surface area contributed by atoms with Crippen LogP contribution in [0.2, 0.25) is 0 Å². The number of thiophene rings is 1. The number of ether oxygens (including phenoxy) is 3. The van der Waals surface area contributed by atoms with E-state index >= 15 is 0 Å².